The summed E-state index contributed by atoms with van der Waals surface area (Å²) in [6, 6.07) is 7.76. The molecule has 2 unspecified atom stereocenters. The van der Waals surface area contributed by atoms with Crippen LogP contribution in [0.15, 0.2) is 24.3 Å². The summed E-state index contributed by atoms with van der Waals surface area (Å²) < 4.78 is 5.21. The van der Waals surface area contributed by atoms with Crippen LogP contribution in [0.25, 0.3) is 0 Å². The highest BCUT2D eigenvalue weighted by Crippen LogP contribution is 2.34. The van der Waals surface area contributed by atoms with Gasteiger partial charge in [0.1, 0.15) is 5.75 Å². The minimum absolute atomic E-state index is 0.619. The zero-order chi connectivity index (χ0) is 19.2. The van der Waals surface area contributed by atoms with Crippen molar-refractivity contribution in [1.29, 1.82) is 0 Å². The molecule has 0 heterocycles. The smallest absolute Gasteiger partial charge is 0.391 e. The molecule has 0 aliphatic carbocycles. The molecular weight excluding hydrogens is 343 g/mol. The molecular formula is C22H39O3P. The van der Waals surface area contributed by atoms with Gasteiger partial charge in [0.2, 0.25) is 0 Å². The van der Waals surface area contributed by atoms with Crippen LogP contribution in [0.5, 0.6) is 5.75 Å². The molecule has 3 nitrogen and oxygen atoms in total. The Labute approximate surface area is 162 Å². The summed E-state index contributed by atoms with van der Waals surface area (Å²) in [5.41, 5.74) is 1.09. The van der Waals surface area contributed by atoms with Crippen LogP contribution in [0.4, 0.5) is 0 Å². The third-order valence-corrected chi connectivity index (χ3v) is 5.63. The Hall–Kier alpha value is -0.630. The summed E-state index contributed by atoms with van der Waals surface area (Å²) in [7, 11) is -2.35. The van der Waals surface area contributed by atoms with E-state index in [0.717, 1.165) is 30.2 Å². The normalized spacial score (nSPS) is 13.8. The number of rotatable bonds is 15. The second kappa shape index (κ2) is 14.4. The molecule has 0 fully saturated rings. The fourth-order valence-corrected chi connectivity index (χ4v) is 4.23. The molecule has 26 heavy (non-hydrogen) atoms. The topological polar surface area (TPSA) is 49.7 Å². The third kappa shape index (κ3) is 9.90. The minimum Gasteiger partial charge on any atom is -0.427 e. The molecule has 1 rings (SSSR count). The van der Waals surface area contributed by atoms with Crippen molar-refractivity contribution >= 4 is 8.60 Å². The van der Waals surface area contributed by atoms with Gasteiger partial charge in [-0.05, 0) is 42.7 Å². The van der Waals surface area contributed by atoms with Crippen molar-refractivity contribution in [3.05, 3.63) is 29.8 Å². The Kier molecular flexibility index (Phi) is 13.0. The number of aryl methyl sites for hydroxylation is 1. The first-order chi connectivity index (χ1) is 12.6. The summed E-state index contributed by atoms with van der Waals surface area (Å²) in [5, 5.41) is 0. The Morgan fingerprint density at radius 3 is 2.04 bits per heavy atom. The van der Waals surface area contributed by atoms with Gasteiger partial charge in [0, 0.05) is 0 Å². The Balaban J connectivity index is 2.68. The fraction of sp³-hybridized carbons (Fsp3) is 0.727. The minimum atomic E-state index is -2.35. The van der Waals surface area contributed by atoms with Crippen molar-refractivity contribution in [3.63, 3.8) is 0 Å². The Morgan fingerprint density at radius 1 is 0.846 bits per heavy atom. The van der Waals surface area contributed by atoms with Gasteiger partial charge in [-0.2, -0.15) is 0 Å². The van der Waals surface area contributed by atoms with Gasteiger partial charge in [0.05, 0.1) is 0 Å². The second-order valence-electron chi connectivity index (χ2n) is 7.53. The van der Waals surface area contributed by atoms with Crippen molar-refractivity contribution in [3.8, 4) is 5.75 Å². The lowest BCUT2D eigenvalue weighted by Crippen LogP contribution is -2.11. The molecule has 0 saturated heterocycles. The third-order valence-electron chi connectivity index (χ3n) is 5.27. The second-order valence-corrected chi connectivity index (χ2v) is 8.22. The molecule has 150 valence electrons. The first kappa shape index (κ1) is 23.4. The van der Waals surface area contributed by atoms with Gasteiger partial charge in [0.25, 0.3) is 0 Å². The van der Waals surface area contributed by atoms with Gasteiger partial charge < -0.3 is 14.3 Å². The largest absolute Gasteiger partial charge is 0.427 e. The summed E-state index contributed by atoms with van der Waals surface area (Å²) in [6.45, 7) is 6.85. The molecule has 0 spiro atoms. The van der Waals surface area contributed by atoms with Crippen LogP contribution in [0, 0.1) is 11.8 Å². The summed E-state index contributed by atoms with van der Waals surface area (Å²) in [5.74, 6) is 2.23. The molecule has 0 aromatic heterocycles. The van der Waals surface area contributed by atoms with Crippen LogP contribution in [0.3, 0.4) is 0 Å². The van der Waals surface area contributed by atoms with E-state index >= 15 is 0 Å². The van der Waals surface area contributed by atoms with Crippen molar-refractivity contribution in [2.75, 3.05) is 0 Å². The number of para-hydroxylation sites is 1. The highest BCUT2D eigenvalue weighted by molar-refractivity contribution is 7.39. The van der Waals surface area contributed by atoms with Crippen molar-refractivity contribution < 1.29 is 14.3 Å². The van der Waals surface area contributed by atoms with E-state index in [4.69, 9.17) is 4.52 Å². The van der Waals surface area contributed by atoms with Crippen molar-refractivity contribution in [2.24, 2.45) is 11.8 Å². The van der Waals surface area contributed by atoms with E-state index in [1.54, 1.807) is 0 Å². The molecule has 1 aromatic rings. The zero-order valence-electron chi connectivity index (χ0n) is 17.0. The molecule has 4 heteroatoms. The Bertz CT molecular complexity index is 464. The molecule has 0 saturated carbocycles. The van der Waals surface area contributed by atoms with Gasteiger partial charge in [-0.15, -0.1) is 0 Å². The zero-order valence-corrected chi connectivity index (χ0v) is 17.9. The average molecular weight is 383 g/mol. The van der Waals surface area contributed by atoms with E-state index in [9.17, 15) is 9.79 Å². The maximum absolute atomic E-state index is 9.18. The number of benzene rings is 1. The molecule has 2 N–H and O–H groups in total. The first-order valence-corrected chi connectivity index (χ1v) is 11.7. The molecule has 2 atom stereocenters. The van der Waals surface area contributed by atoms with Crippen LogP contribution in [-0.4, -0.2) is 9.79 Å². The quantitative estimate of drug-likeness (QED) is 0.321. The lowest BCUT2D eigenvalue weighted by atomic mass is 9.82. The van der Waals surface area contributed by atoms with Crippen molar-refractivity contribution in [2.45, 2.75) is 91.4 Å². The van der Waals surface area contributed by atoms with E-state index in [0.29, 0.717) is 5.75 Å². The van der Waals surface area contributed by atoms with Gasteiger partial charge in [-0.1, -0.05) is 90.3 Å². The van der Waals surface area contributed by atoms with E-state index in [2.05, 4.69) is 20.8 Å². The van der Waals surface area contributed by atoms with Crippen molar-refractivity contribution in [1.82, 2.24) is 0 Å². The number of unbranched alkanes of at least 4 members (excludes halogenated alkanes) is 2. The van der Waals surface area contributed by atoms with E-state index in [1.807, 2.05) is 24.3 Å². The van der Waals surface area contributed by atoms with Crippen LogP contribution in [-0.2, 0) is 6.42 Å². The van der Waals surface area contributed by atoms with Crippen LogP contribution in [0.2, 0.25) is 0 Å². The molecule has 0 radical (unpaired) electrons. The number of hydrogen-bond donors (Lipinski definition) is 2. The van der Waals surface area contributed by atoms with Crippen LogP contribution >= 0.6 is 8.60 Å². The fourth-order valence-electron chi connectivity index (χ4n) is 3.87. The molecule has 0 aliphatic heterocycles. The standard InChI is InChI=1S/C22H39O3P/c1-4-7-12-19(11-6-3)18-20(13-8-5-2)16-17-21-14-9-10-15-22(21)25-26(23)24/h9-10,14-15,19-20,23-24H,4-8,11-13,16-18H2,1-3H3. The average Bonchev–Trinajstić information content (AvgIpc) is 2.62. The van der Waals surface area contributed by atoms with Gasteiger partial charge >= 0.3 is 8.60 Å². The molecule has 0 aliphatic rings. The number of hydrogen-bond acceptors (Lipinski definition) is 3. The summed E-state index contributed by atoms with van der Waals surface area (Å²) >= 11 is 0. The highest BCUT2D eigenvalue weighted by Gasteiger charge is 2.17. The molecule has 0 amide bonds. The van der Waals surface area contributed by atoms with Crippen LogP contribution in [0.1, 0.15) is 90.5 Å². The monoisotopic (exact) mass is 382 g/mol. The predicted molar refractivity (Wildman–Crippen MR) is 112 cm³/mol. The summed E-state index contributed by atoms with van der Waals surface area (Å²) in [4.78, 5) is 18.4. The SMILES string of the molecule is CCCCC(CCC)CC(CCCC)CCc1ccccc1OP(O)O. The van der Waals surface area contributed by atoms with E-state index < -0.39 is 8.60 Å². The van der Waals surface area contributed by atoms with Gasteiger partial charge in [-0.25, -0.2) is 0 Å². The Morgan fingerprint density at radius 2 is 1.46 bits per heavy atom. The summed E-state index contributed by atoms with van der Waals surface area (Å²) in [6.07, 6.45) is 13.9. The molecule has 1 aromatic carbocycles. The molecule has 0 bridgehead atoms. The maximum Gasteiger partial charge on any atom is 0.391 e. The maximum atomic E-state index is 9.18. The van der Waals surface area contributed by atoms with E-state index in [1.165, 1.54) is 57.8 Å². The lowest BCUT2D eigenvalue weighted by molar-refractivity contribution is 0.296. The highest BCUT2D eigenvalue weighted by atomic mass is 31.2. The van der Waals surface area contributed by atoms with E-state index in [-0.39, 0.29) is 0 Å². The van der Waals surface area contributed by atoms with Crippen LogP contribution < -0.4 is 4.52 Å². The van der Waals surface area contributed by atoms with Gasteiger partial charge in [-0.3, -0.25) is 0 Å². The lowest BCUT2D eigenvalue weighted by Gasteiger charge is -2.24. The predicted octanol–water partition coefficient (Wildman–Crippen LogP) is 7.01. The first-order valence-electron chi connectivity index (χ1n) is 10.5. The van der Waals surface area contributed by atoms with Gasteiger partial charge in [0.15, 0.2) is 0 Å².